The van der Waals surface area contributed by atoms with E-state index in [1.807, 2.05) is 17.2 Å². The lowest BCUT2D eigenvalue weighted by Gasteiger charge is -2.18. The molecule has 1 aliphatic carbocycles. The third-order valence-corrected chi connectivity index (χ3v) is 7.71. The van der Waals surface area contributed by atoms with Crippen molar-refractivity contribution in [3.8, 4) is 22.5 Å². The van der Waals surface area contributed by atoms with Gasteiger partial charge < -0.3 is 14.5 Å². The molecule has 5 aromatic rings. The van der Waals surface area contributed by atoms with E-state index < -0.39 is 0 Å². The second-order valence-electron chi connectivity index (χ2n) is 10.2. The van der Waals surface area contributed by atoms with Crippen LogP contribution in [0.25, 0.3) is 44.5 Å². The number of aromatic amines is 1. The number of rotatable bonds is 5. The van der Waals surface area contributed by atoms with E-state index in [1.54, 1.807) is 0 Å². The number of benzene rings is 3. The van der Waals surface area contributed by atoms with Gasteiger partial charge in [-0.25, -0.2) is 9.37 Å². The molecule has 36 heavy (non-hydrogen) atoms. The number of fused-ring (bicyclic) bond motifs is 2. The van der Waals surface area contributed by atoms with Gasteiger partial charge in [-0.2, -0.15) is 0 Å². The molecule has 0 radical (unpaired) electrons. The lowest BCUT2D eigenvalue weighted by Crippen LogP contribution is -2.30. The van der Waals surface area contributed by atoms with Crippen LogP contribution in [0.15, 0.2) is 72.9 Å². The summed E-state index contributed by atoms with van der Waals surface area (Å²) < 4.78 is 16.3. The molecule has 3 heterocycles. The molecule has 7 rings (SSSR count). The number of hydrogen-bond acceptors (Lipinski definition) is 2. The van der Waals surface area contributed by atoms with E-state index in [2.05, 4.69) is 58.1 Å². The molecule has 3 aromatic carbocycles. The molecule has 0 spiro atoms. The number of aromatic nitrogens is 3. The minimum Gasteiger partial charge on any atom is -0.361 e. The van der Waals surface area contributed by atoms with Crippen molar-refractivity contribution in [1.29, 1.82) is 0 Å². The van der Waals surface area contributed by atoms with Crippen LogP contribution in [0.2, 0.25) is 0 Å². The van der Waals surface area contributed by atoms with Crippen LogP contribution in [-0.2, 0) is 11.3 Å². The van der Waals surface area contributed by atoms with Crippen LogP contribution in [-0.4, -0.2) is 38.4 Å². The minimum absolute atomic E-state index is 0.257. The topological polar surface area (TPSA) is 53.9 Å². The number of likely N-dealkylation sites (tertiary alicyclic amines) is 1. The molecule has 0 bridgehead atoms. The molecule has 1 amide bonds. The van der Waals surface area contributed by atoms with Crippen LogP contribution in [0.5, 0.6) is 0 Å². The Balaban J connectivity index is 1.21. The first-order valence-corrected chi connectivity index (χ1v) is 12.7. The zero-order valence-electron chi connectivity index (χ0n) is 20.0. The lowest BCUT2D eigenvalue weighted by molar-refractivity contribution is -0.131. The Morgan fingerprint density at radius 3 is 2.58 bits per heavy atom. The summed E-state index contributed by atoms with van der Waals surface area (Å²) in [6, 6.07) is 21.8. The summed E-state index contributed by atoms with van der Waals surface area (Å²) in [5.74, 6) is 1.50. The fraction of sp³-hybridized carbons (Fsp3) is 0.267. The number of halogens is 1. The van der Waals surface area contributed by atoms with Crippen molar-refractivity contribution in [3.63, 3.8) is 0 Å². The zero-order chi connectivity index (χ0) is 24.2. The Labute approximate surface area is 208 Å². The maximum Gasteiger partial charge on any atom is 0.225 e. The third kappa shape index (κ3) is 3.77. The second kappa shape index (κ2) is 8.33. The monoisotopic (exact) mass is 478 g/mol. The van der Waals surface area contributed by atoms with Crippen molar-refractivity contribution in [2.24, 2.45) is 11.8 Å². The summed E-state index contributed by atoms with van der Waals surface area (Å²) in [6.45, 7) is 2.38. The second-order valence-corrected chi connectivity index (χ2v) is 10.2. The molecule has 1 saturated heterocycles. The fourth-order valence-corrected chi connectivity index (χ4v) is 5.58. The van der Waals surface area contributed by atoms with Gasteiger partial charge in [0.2, 0.25) is 5.91 Å². The van der Waals surface area contributed by atoms with Crippen LogP contribution in [0.1, 0.15) is 19.3 Å². The number of carbonyl (C=O) groups is 1. The average Bonchev–Trinajstić information content (AvgIpc) is 3.30. The normalized spacial score (nSPS) is 17.9. The number of H-pyrrole nitrogens is 1. The van der Waals surface area contributed by atoms with Gasteiger partial charge in [-0.1, -0.05) is 36.4 Å². The molecule has 1 saturated carbocycles. The molecular weight excluding hydrogens is 451 g/mol. The summed E-state index contributed by atoms with van der Waals surface area (Å²) >= 11 is 0. The Morgan fingerprint density at radius 2 is 1.75 bits per heavy atom. The zero-order valence-corrected chi connectivity index (χ0v) is 20.0. The SMILES string of the molecule is O=C(C1CC1)N1CC[C@H](Cn2c(-c3ccc(-c4ccc5cc[nH]c5c4)cc3)nc3cc(F)ccc32)C1. The molecule has 1 aliphatic heterocycles. The summed E-state index contributed by atoms with van der Waals surface area (Å²) in [7, 11) is 0. The van der Waals surface area contributed by atoms with Crippen LogP contribution < -0.4 is 0 Å². The van der Waals surface area contributed by atoms with Crippen molar-refractivity contribution >= 4 is 27.8 Å². The Kier molecular flexibility index (Phi) is 4.94. The summed E-state index contributed by atoms with van der Waals surface area (Å²) in [5, 5.41) is 1.20. The Morgan fingerprint density at radius 1 is 0.944 bits per heavy atom. The molecule has 6 heteroatoms. The highest BCUT2D eigenvalue weighted by atomic mass is 19.1. The van der Waals surface area contributed by atoms with Crippen molar-refractivity contribution in [3.05, 3.63) is 78.7 Å². The van der Waals surface area contributed by atoms with Gasteiger partial charge in [0.25, 0.3) is 0 Å². The van der Waals surface area contributed by atoms with E-state index in [0.717, 1.165) is 72.4 Å². The molecule has 5 nitrogen and oxygen atoms in total. The molecule has 180 valence electrons. The number of nitrogens with one attached hydrogen (secondary N) is 1. The van der Waals surface area contributed by atoms with Gasteiger partial charge in [0.05, 0.1) is 11.0 Å². The lowest BCUT2D eigenvalue weighted by atomic mass is 10.0. The number of nitrogens with zero attached hydrogens (tertiary/aromatic N) is 3. The molecule has 2 aromatic heterocycles. The average molecular weight is 479 g/mol. The van der Waals surface area contributed by atoms with Crippen molar-refractivity contribution in [2.45, 2.75) is 25.8 Å². The van der Waals surface area contributed by atoms with Gasteiger partial charge in [0.15, 0.2) is 0 Å². The van der Waals surface area contributed by atoms with Gasteiger partial charge in [-0.3, -0.25) is 4.79 Å². The van der Waals surface area contributed by atoms with Gasteiger partial charge >= 0.3 is 0 Å². The van der Waals surface area contributed by atoms with Crippen LogP contribution in [0, 0.1) is 17.7 Å². The van der Waals surface area contributed by atoms with Crippen LogP contribution in [0.4, 0.5) is 4.39 Å². The van der Waals surface area contributed by atoms with E-state index in [9.17, 15) is 9.18 Å². The van der Waals surface area contributed by atoms with Crippen LogP contribution in [0.3, 0.4) is 0 Å². The maximum atomic E-state index is 14.0. The predicted molar refractivity (Wildman–Crippen MR) is 140 cm³/mol. The highest BCUT2D eigenvalue weighted by Crippen LogP contribution is 2.34. The Bertz CT molecular complexity index is 1590. The highest BCUT2D eigenvalue weighted by Gasteiger charge is 2.36. The summed E-state index contributed by atoms with van der Waals surface area (Å²) in [6.07, 6.45) is 5.02. The highest BCUT2D eigenvalue weighted by molar-refractivity contribution is 5.86. The number of hydrogen-bond donors (Lipinski definition) is 1. The predicted octanol–water partition coefficient (Wildman–Crippen LogP) is 6.25. The fourth-order valence-electron chi connectivity index (χ4n) is 5.58. The maximum absolute atomic E-state index is 14.0. The summed E-state index contributed by atoms with van der Waals surface area (Å²) in [5.41, 5.74) is 5.99. The first kappa shape index (κ1) is 21.4. The van der Waals surface area contributed by atoms with E-state index in [4.69, 9.17) is 4.98 Å². The molecule has 2 fully saturated rings. The summed E-state index contributed by atoms with van der Waals surface area (Å²) in [4.78, 5) is 22.7. The molecular formula is C30H27FN4O. The first-order valence-electron chi connectivity index (χ1n) is 12.7. The van der Waals surface area contributed by atoms with E-state index in [-0.39, 0.29) is 11.7 Å². The van der Waals surface area contributed by atoms with E-state index >= 15 is 0 Å². The van der Waals surface area contributed by atoms with Crippen LogP contribution >= 0.6 is 0 Å². The standard InChI is InChI=1S/C30H27FN4O/c31-25-9-10-28-27(16-25)33-29(35(28)18-19-12-14-34(17-19)30(36)23-6-7-23)22-4-1-20(2-5-22)24-8-3-21-11-13-32-26(21)15-24/h1-5,8-11,13,15-16,19,23,32H,6-7,12,14,17-18H2/t19-/m0/s1. The third-order valence-electron chi connectivity index (χ3n) is 7.71. The first-order chi connectivity index (χ1) is 17.6. The van der Waals surface area contributed by atoms with E-state index in [0.29, 0.717) is 17.3 Å². The minimum atomic E-state index is -0.282. The number of amides is 1. The number of imidazole rings is 1. The quantitative estimate of drug-likeness (QED) is 0.325. The van der Waals surface area contributed by atoms with Crippen molar-refractivity contribution in [2.75, 3.05) is 13.1 Å². The van der Waals surface area contributed by atoms with E-state index in [1.165, 1.54) is 17.5 Å². The molecule has 0 unspecified atom stereocenters. The smallest absolute Gasteiger partial charge is 0.225 e. The van der Waals surface area contributed by atoms with Crippen molar-refractivity contribution < 1.29 is 9.18 Å². The molecule has 1 N–H and O–H groups in total. The Hall–Kier alpha value is -3.93. The van der Waals surface area contributed by atoms with Crippen molar-refractivity contribution in [1.82, 2.24) is 19.4 Å². The largest absolute Gasteiger partial charge is 0.361 e. The number of carbonyl (C=O) groups excluding carboxylic acids is 1. The van der Waals surface area contributed by atoms with Gasteiger partial charge in [0, 0.05) is 48.9 Å². The van der Waals surface area contributed by atoms with Gasteiger partial charge in [-0.05, 0) is 66.0 Å². The molecule has 1 atom stereocenters. The molecule has 2 aliphatic rings. The van der Waals surface area contributed by atoms with Gasteiger partial charge in [0.1, 0.15) is 11.6 Å². The van der Waals surface area contributed by atoms with Gasteiger partial charge in [-0.15, -0.1) is 0 Å².